The third kappa shape index (κ3) is 9.94. The molecule has 8 heteroatoms. The maximum atomic E-state index is 12.5. The highest BCUT2D eigenvalue weighted by Gasteiger charge is 2.55. The first-order chi connectivity index (χ1) is 58.4. The quantitative estimate of drug-likeness (QED) is 0.141. The van der Waals surface area contributed by atoms with E-state index in [4.69, 9.17) is 15.3 Å². The normalized spacial score (nSPS) is 15.7. The molecule has 0 spiro atoms. The van der Waals surface area contributed by atoms with Crippen LogP contribution in [0.25, 0.3) is 77.6 Å². The minimum atomic E-state index is -1.44. The summed E-state index contributed by atoms with van der Waals surface area (Å²) in [5.41, 5.74) is 8.79. The van der Waals surface area contributed by atoms with Crippen molar-refractivity contribution >= 4 is 119 Å². The van der Waals surface area contributed by atoms with Crippen molar-refractivity contribution in [1.82, 2.24) is 0 Å². The molecule has 20 rings (SSSR count). The van der Waals surface area contributed by atoms with Gasteiger partial charge in [0.1, 0.15) is 34.2 Å². The van der Waals surface area contributed by atoms with E-state index in [2.05, 4.69) is 70.7 Å². The van der Waals surface area contributed by atoms with E-state index in [0.717, 1.165) is 22.3 Å². The Morgan fingerprint density at radius 2 is 0.824 bits per heavy atom. The van der Waals surface area contributed by atoms with E-state index in [0.29, 0.717) is 106 Å². The molecule has 6 nitrogen and oxygen atoms in total. The van der Waals surface area contributed by atoms with Crippen molar-refractivity contribution in [3.63, 3.8) is 0 Å². The lowest BCUT2D eigenvalue weighted by atomic mass is 9.29. The number of ether oxygens (including phenoxy) is 2. The van der Waals surface area contributed by atoms with Gasteiger partial charge in [-0.25, -0.2) is 0 Å². The van der Waals surface area contributed by atoms with E-state index in [9.17, 15) is 19.2 Å². The van der Waals surface area contributed by atoms with Gasteiger partial charge in [-0.3, -0.25) is 0 Å². The van der Waals surface area contributed by atoms with Gasteiger partial charge in [-0.2, -0.15) is 0 Å². The molecule has 5 aliphatic rings. The summed E-state index contributed by atoms with van der Waals surface area (Å²) in [6.45, 7) is 22.1. The van der Waals surface area contributed by atoms with Gasteiger partial charge in [-0.05, 0) is 171 Å². The largest absolute Gasteiger partial charge is 0.459 e. The highest BCUT2D eigenvalue weighted by Crippen LogP contribution is 2.59. The summed E-state index contributed by atoms with van der Waals surface area (Å²) in [6, 6.07) is 55.6. The van der Waals surface area contributed by atoms with Crippen molar-refractivity contribution in [3.05, 3.63) is 307 Å². The molecule has 1 aromatic heterocycles. The minimum absolute atomic E-state index is 0.00599. The van der Waals surface area contributed by atoms with Crippen molar-refractivity contribution in [2.45, 2.75) is 105 Å². The molecule has 0 atom stereocenters. The average molecular weight is 1410 g/mol. The molecule has 6 heterocycles. The fraction of sp³-hybridized carbons (Fsp3) is 0.160. The van der Waals surface area contributed by atoms with Crippen LogP contribution in [0.3, 0.4) is 0 Å². The second kappa shape index (κ2) is 23.8. The Labute approximate surface area is 655 Å². The fourth-order valence-corrected chi connectivity index (χ4v) is 17.1. The number of hydrogen-bond acceptors (Lipinski definition) is 6. The summed E-state index contributed by atoms with van der Waals surface area (Å²) >= 11 is 0. The Balaban J connectivity index is 1.07. The second-order valence-corrected chi connectivity index (χ2v) is 33.1. The number of nitrogens with zero attached hydrogens (tertiary/aromatic N) is 3. The average Bonchev–Trinajstić information content (AvgIpc) is 0.656. The van der Waals surface area contributed by atoms with Crippen LogP contribution in [-0.4, -0.2) is 13.4 Å². The van der Waals surface area contributed by atoms with Crippen molar-refractivity contribution in [2.24, 2.45) is 0 Å². The van der Waals surface area contributed by atoms with E-state index in [1.54, 1.807) is 6.07 Å². The van der Waals surface area contributed by atoms with Gasteiger partial charge in [0, 0.05) is 67.2 Å². The minimum Gasteiger partial charge on any atom is -0.459 e. The zero-order chi connectivity index (χ0) is 86.7. The predicted molar refractivity (Wildman–Crippen MR) is 456 cm³/mol. The van der Waals surface area contributed by atoms with Gasteiger partial charge in [-0.15, -0.1) is 0 Å². The Morgan fingerprint density at radius 1 is 0.315 bits per heavy atom. The number of furan rings is 1. The molecule has 0 radical (unpaired) electrons. The number of para-hydroxylation sites is 2. The molecule has 0 fully saturated rings. The lowest BCUT2D eigenvalue weighted by Gasteiger charge is -2.49. The van der Waals surface area contributed by atoms with Crippen molar-refractivity contribution in [1.29, 1.82) is 0 Å². The first kappa shape index (κ1) is 51.3. The van der Waals surface area contributed by atoms with E-state index in [-0.39, 0.29) is 110 Å². The highest BCUT2D eigenvalue weighted by molar-refractivity contribution is 7.04. The van der Waals surface area contributed by atoms with Gasteiger partial charge < -0.3 is 28.6 Å². The van der Waals surface area contributed by atoms with Crippen LogP contribution in [0, 0.1) is 0 Å². The van der Waals surface area contributed by atoms with Crippen molar-refractivity contribution < 1.29 is 34.5 Å². The monoisotopic (exact) mass is 1410 g/mol. The highest BCUT2D eigenvalue weighted by atomic mass is 16.5. The first-order valence-electron chi connectivity index (χ1n) is 44.6. The van der Waals surface area contributed by atoms with Gasteiger partial charge in [0.25, 0.3) is 13.4 Å². The van der Waals surface area contributed by atoms with Crippen LogP contribution < -0.4 is 57.0 Å². The SMILES string of the molecule is [2H]c1cc2c3c(c1C(C)(C)C)Oc1c4c(c([2H])c([2H])c1C(C)(C)C)Oc1c(c(c([2H])c5c1B1c6c(cc(C(C)(C)C)cc6N5c5cccc6oc7ccccc7c56)N(c5c(-c6ccccc6)cc(C(C)(C)C)cc5-c5ccccc5)c5c([2H])c(-c6c([2H])c([2H])c([2H])c([2H])c6[2H])c([2H])c([2H])c51)N2c1c(-c2ccccc2)c([2H])c([2H])c([2H])c1-c1ccccc1)B34. The van der Waals surface area contributed by atoms with E-state index in [1.165, 1.54) is 0 Å². The second-order valence-electron chi connectivity index (χ2n) is 33.1. The van der Waals surface area contributed by atoms with Crippen molar-refractivity contribution in [2.75, 3.05) is 14.7 Å². The number of rotatable bonds is 8. The van der Waals surface area contributed by atoms with E-state index in [1.807, 2.05) is 215 Å². The molecule has 108 heavy (non-hydrogen) atoms. The molecule has 0 N–H and O–H groups in total. The van der Waals surface area contributed by atoms with E-state index < -0.39 is 94.6 Å². The van der Waals surface area contributed by atoms with Crippen LogP contribution >= 0.6 is 0 Å². The van der Waals surface area contributed by atoms with Crippen LogP contribution in [-0.2, 0) is 21.7 Å². The van der Waals surface area contributed by atoms with Crippen LogP contribution in [0.5, 0.6) is 23.0 Å². The maximum Gasteiger partial charge on any atom is 0.266 e. The molecule has 0 saturated carbocycles. The molecule has 15 aromatic rings. The number of anilines is 9. The number of hydrogen-bond donors (Lipinski definition) is 0. The molecular formula is C100H83B2N3O3. The lowest BCUT2D eigenvalue weighted by Crippen LogP contribution is -2.66. The number of benzene rings is 14. The zero-order valence-electron chi connectivity index (χ0n) is 77.2. The van der Waals surface area contributed by atoms with Crippen LogP contribution in [0.4, 0.5) is 51.2 Å². The predicted octanol–water partition coefficient (Wildman–Crippen LogP) is 23.7. The summed E-state index contributed by atoms with van der Waals surface area (Å²) < 4.78 is 180. The molecule has 14 aromatic carbocycles. The van der Waals surface area contributed by atoms with Crippen molar-refractivity contribution in [3.8, 4) is 78.6 Å². The standard InChI is InChI=1S/C100H83B2N3O3/c1-97(2,3)66-55-71(63-38-24-16-25-39-63)93(72(56-66)64-40-26-17-27-41-64)105-78-54-65(60-32-18-13-19-33-60)48-51-75(78)101-87-79(57-67(58-80(87)105)98(4,5)6)103(76-45-31-47-84-86(76)70-42-28-29-46-83(70)106-84)81-59-82-90-96(89(81)101)107-85-53-50-74(100(10,11)12)95-91(85)102(90)88-77(52-49-73(94(88)108-95)99(7,8)9)104(82)92-68(61-34-20-14-21-35-61)43-30-44-69(92)62-36-22-15-23-37-62/h13-59H,1-12H3/i13D,18D,19D,30D,32D,33D,43D,44D,48D,49D,50D,51D,53D,54D,59D. The van der Waals surface area contributed by atoms with Gasteiger partial charge in [-0.1, -0.05) is 301 Å². The molecule has 0 amide bonds. The van der Waals surface area contributed by atoms with Gasteiger partial charge in [0.05, 0.1) is 43.0 Å². The van der Waals surface area contributed by atoms with E-state index >= 15 is 0 Å². The van der Waals surface area contributed by atoms with Crippen LogP contribution in [0.1, 0.15) is 126 Å². The summed E-state index contributed by atoms with van der Waals surface area (Å²) in [5.74, 6) is 0.504. The van der Waals surface area contributed by atoms with Gasteiger partial charge in [0.2, 0.25) is 0 Å². The summed E-state index contributed by atoms with van der Waals surface area (Å²) in [5, 5.41) is 1.35. The third-order valence-corrected chi connectivity index (χ3v) is 22.1. The molecule has 0 saturated heterocycles. The molecule has 0 unspecified atom stereocenters. The number of fused-ring (bicyclic) bond motifs is 8. The summed E-state index contributed by atoms with van der Waals surface area (Å²) in [4.78, 5) is 5.97. The topological polar surface area (TPSA) is 41.3 Å². The Bertz CT molecular complexity index is 7040. The smallest absolute Gasteiger partial charge is 0.266 e. The van der Waals surface area contributed by atoms with Crippen LogP contribution in [0.2, 0.25) is 0 Å². The van der Waals surface area contributed by atoms with Gasteiger partial charge in [0.15, 0.2) is 0 Å². The summed E-state index contributed by atoms with van der Waals surface area (Å²) in [6.07, 6.45) is 0. The zero-order valence-corrected chi connectivity index (χ0v) is 62.2. The Kier molecular flexibility index (Phi) is 11.3. The fourth-order valence-electron chi connectivity index (χ4n) is 17.1. The summed E-state index contributed by atoms with van der Waals surface area (Å²) in [7, 11) is 0. The Morgan fingerprint density at radius 3 is 1.44 bits per heavy atom. The lowest BCUT2D eigenvalue weighted by molar-refractivity contribution is 0.432. The molecule has 5 aliphatic heterocycles. The Hall–Kier alpha value is -12.0. The molecule has 0 aliphatic carbocycles. The first-order valence-corrected chi connectivity index (χ1v) is 37.1. The van der Waals surface area contributed by atoms with Crippen LogP contribution in [0.15, 0.2) is 289 Å². The molecular weight excluding hydrogens is 1310 g/mol. The molecule has 0 bridgehead atoms. The molecule has 522 valence electrons. The van der Waals surface area contributed by atoms with Gasteiger partial charge >= 0.3 is 0 Å². The third-order valence-electron chi connectivity index (χ3n) is 22.1. The maximum absolute atomic E-state index is 12.5.